The number of hydrogen-bond donors (Lipinski definition) is 3. The molecule has 1 aromatic heterocycles. The van der Waals surface area contributed by atoms with E-state index >= 15 is 0 Å². The monoisotopic (exact) mass is 547 g/mol. The van der Waals surface area contributed by atoms with Gasteiger partial charge in [-0.25, -0.2) is 9.98 Å². The summed E-state index contributed by atoms with van der Waals surface area (Å²) in [6, 6.07) is 7.05. The van der Waals surface area contributed by atoms with E-state index in [2.05, 4.69) is 46.7 Å². The molecule has 0 aliphatic rings. The molecule has 1 amide bonds. The average molecular weight is 548 g/mol. The Bertz CT molecular complexity index is 816. The van der Waals surface area contributed by atoms with E-state index in [0.29, 0.717) is 42.8 Å². The lowest BCUT2D eigenvalue weighted by Gasteiger charge is -2.13. The van der Waals surface area contributed by atoms with Crippen LogP contribution < -0.4 is 16.0 Å². The zero-order valence-electron chi connectivity index (χ0n) is 17.9. The van der Waals surface area contributed by atoms with Gasteiger partial charge in [0.05, 0.1) is 6.20 Å². The number of hydrogen-bond acceptors (Lipinski definition) is 4. The van der Waals surface area contributed by atoms with E-state index in [1.54, 1.807) is 30.5 Å². The van der Waals surface area contributed by atoms with Crippen LogP contribution in [-0.4, -0.2) is 29.9 Å². The number of benzene rings is 1. The molecule has 0 bridgehead atoms. The Labute approximate surface area is 200 Å². The molecule has 166 valence electrons. The summed E-state index contributed by atoms with van der Waals surface area (Å²) in [4.78, 5) is 20.8. The van der Waals surface area contributed by atoms with Crippen molar-refractivity contribution in [1.82, 2.24) is 15.6 Å². The molecule has 30 heavy (non-hydrogen) atoms. The lowest BCUT2D eigenvalue weighted by molar-refractivity contribution is -0.116. The number of amides is 1. The van der Waals surface area contributed by atoms with Crippen LogP contribution in [0.5, 0.6) is 0 Å². The lowest BCUT2D eigenvalue weighted by Crippen LogP contribution is -2.38. The van der Waals surface area contributed by atoms with Crippen molar-refractivity contribution in [2.24, 2.45) is 4.99 Å². The van der Waals surface area contributed by atoms with Crippen molar-refractivity contribution in [2.75, 3.05) is 18.4 Å². The highest BCUT2D eigenvalue weighted by Gasteiger charge is 2.19. The summed E-state index contributed by atoms with van der Waals surface area (Å²) in [5, 5.41) is 9.90. The van der Waals surface area contributed by atoms with Crippen molar-refractivity contribution in [3.63, 3.8) is 0 Å². The van der Waals surface area contributed by atoms with E-state index in [0.717, 1.165) is 18.0 Å². The average Bonchev–Trinajstić information content (AvgIpc) is 3.14. The summed E-state index contributed by atoms with van der Waals surface area (Å²) in [6.45, 7) is 9.95. The third-order valence-electron chi connectivity index (χ3n) is 4.01. The number of anilines is 1. The molecule has 0 saturated heterocycles. The van der Waals surface area contributed by atoms with Gasteiger partial charge in [0.1, 0.15) is 12.3 Å². The zero-order chi connectivity index (χ0) is 21.3. The van der Waals surface area contributed by atoms with Crippen LogP contribution in [0.2, 0.25) is 5.02 Å². The molecule has 0 fully saturated rings. The highest BCUT2D eigenvalue weighted by atomic mass is 127. The van der Waals surface area contributed by atoms with E-state index in [-0.39, 0.29) is 35.3 Å². The van der Waals surface area contributed by atoms with Crippen LogP contribution in [0.25, 0.3) is 0 Å². The molecule has 0 unspecified atom stereocenters. The summed E-state index contributed by atoms with van der Waals surface area (Å²) >= 11 is 5.84. The van der Waals surface area contributed by atoms with Crippen LogP contribution in [0.3, 0.4) is 0 Å². The molecule has 3 N–H and O–H groups in total. The number of rotatable bonds is 8. The lowest BCUT2D eigenvalue weighted by atomic mass is 9.94. The fraction of sp³-hybridized carbons (Fsp3) is 0.476. The maximum Gasteiger partial charge on any atom is 0.224 e. The predicted octanol–water partition coefficient (Wildman–Crippen LogP) is 4.72. The van der Waals surface area contributed by atoms with Crippen molar-refractivity contribution in [1.29, 1.82) is 0 Å². The summed E-state index contributed by atoms with van der Waals surface area (Å²) in [5.41, 5.74) is 0.660. The molecule has 0 spiro atoms. The Kier molecular flexibility index (Phi) is 11.2. The molecule has 0 saturated carbocycles. The van der Waals surface area contributed by atoms with Gasteiger partial charge in [-0.2, -0.15) is 0 Å². The van der Waals surface area contributed by atoms with Gasteiger partial charge < -0.3 is 20.4 Å². The Morgan fingerprint density at radius 1 is 1.20 bits per heavy atom. The first kappa shape index (κ1) is 26.2. The standard InChI is InChI=1S/C21H30ClN5O2.HI/c1-5-23-20(26-14-19-25-13-17(29-19)21(2,3)4)24-12-6-7-18(28)27-16-10-8-15(22)9-11-16;/h8-11,13H,5-7,12,14H2,1-4H3,(H,27,28)(H2,23,24,26);1H. The number of carbonyl (C=O) groups is 1. The Hall–Kier alpha value is -1.81. The first-order chi connectivity index (χ1) is 13.8. The number of halogens is 2. The van der Waals surface area contributed by atoms with Gasteiger partial charge in [0.25, 0.3) is 0 Å². The maximum absolute atomic E-state index is 12.0. The van der Waals surface area contributed by atoms with Crippen molar-refractivity contribution in [3.05, 3.63) is 47.1 Å². The number of carbonyl (C=O) groups excluding carboxylic acids is 1. The maximum atomic E-state index is 12.0. The minimum atomic E-state index is -0.0791. The summed E-state index contributed by atoms with van der Waals surface area (Å²) in [6.07, 6.45) is 2.84. The van der Waals surface area contributed by atoms with E-state index in [1.807, 2.05) is 6.92 Å². The molecular formula is C21H31ClIN5O2. The predicted molar refractivity (Wildman–Crippen MR) is 133 cm³/mol. The van der Waals surface area contributed by atoms with E-state index in [1.165, 1.54) is 0 Å². The first-order valence-electron chi connectivity index (χ1n) is 9.80. The van der Waals surface area contributed by atoms with Crippen molar-refractivity contribution in [3.8, 4) is 0 Å². The Morgan fingerprint density at radius 2 is 1.90 bits per heavy atom. The number of nitrogens with one attached hydrogen (secondary N) is 3. The molecular weight excluding hydrogens is 517 g/mol. The summed E-state index contributed by atoms with van der Waals surface area (Å²) < 4.78 is 5.76. The SMILES string of the molecule is CCNC(=NCc1ncc(C(C)(C)C)o1)NCCCC(=O)Nc1ccc(Cl)cc1.I. The number of aromatic nitrogens is 1. The van der Waals surface area contributed by atoms with Gasteiger partial charge in [0.2, 0.25) is 11.8 Å². The smallest absolute Gasteiger partial charge is 0.224 e. The highest BCUT2D eigenvalue weighted by Crippen LogP contribution is 2.22. The summed E-state index contributed by atoms with van der Waals surface area (Å²) in [7, 11) is 0. The Balaban J connectivity index is 0.00000450. The number of guanidine groups is 1. The van der Waals surface area contributed by atoms with Crippen molar-refractivity contribution < 1.29 is 9.21 Å². The van der Waals surface area contributed by atoms with Gasteiger partial charge >= 0.3 is 0 Å². The van der Waals surface area contributed by atoms with Gasteiger partial charge in [-0.05, 0) is 37.6 Å². The third kappa shape index (κ3) is 9.34. The minimum absolute atomic E-state index is 0. The van der Waals surface area contributed by atoms with Gasteiger partial charge in [-0.1, -0.05) is 32.4 Å². The van der Waals surface area contributed by atoms with Crippen LogP contribution >= 0.6 is 35.6 Å². The first-order valence-corrected chi connectivity index (χ1v) is 10.2. The quantitative estimate of drug-likeness (QED) is 0.193. The number of oxazole rings is 1. The summed E-state index contributed by atoms with van der Waals surface area (Å²) in [5.74, 6) is 2.05. The van der Waals surface area contributed by atoms with Crippen LogP contribution in [0.4, 0.5) is 5.69 Å². The molecule has 0 aliphatic heterocycles. The van der Waals surface area contributed by atoms with Crippen LogP contribution in [0.15, 0.2) is 39.9 Å². The van der Waals surface area contributed by atoms with Crippen LogP contribution in [0.1, 0.15) is 52.2 Å². The topological polar surface area (TPSA) is 91.6 Å². The fourth-order valence-corrected chi connectivity index (χ4v) is 2.56. The van der Waals surface area contributed by atoms with Crippen molar-refractivity contribution in [2.45, 2.75) is 52.5 Å². The van der Waals surface area contributed by atoms with Crippen molar-refractivity contribution >= 4 is 53.1 Å². The van der Waals surface area contributed by atoms with Crippen LogP contribution in [-0.2, 0) is 16.8 Å². The largest absolute Gasteiger partial charge is 0.443 e. The van der Waals surface area contributed by atoms with E-state index in [4.69, 9.17) is 16.0 Å². The van der Waals surface area contributed by atoms with Gasteiger partial charge in [-0.15, -0.1) is 24.0 Å². The molecule has 9 heteroatoms. The molecule has 7 nitrogen and oxygen atoms in total. The third-order valence-corrected chi connectivity index (χ3v) is 4.26. The Morgan fingerprint density at radius 3 is 2.50 bits per heavy atom. The number of nitrogens with zero attached hydrogens (tertiary/aromatic N) is 2. The molecule has 1 heterocycles. The van der Waals surface area contributed by atoms with Gasteiger partial charge in [0, 0.05) is 35.6 Å². The fourth-order valence-electron chi connectivity index (χ4n) is 2.43. The number of aliphatic imine (C=N–C) groups is 1. The second-order valence-electron chi connectivity index (χ2n) is 7.65. The molecule has 2 aromatic rings. The molecule has 0 atom stereocenters. The minimum Gasteiger partial charge on any atom is -0.443 e. The normalized spacial score (nSPS) is 11.6. The van der Waals surface area contributed by atoms with Gasteiger partial charge in [-0.3, -0.25) is 4.79 Å². The molecule has 0 radical (unpaired) electrons. The zero-order valence-corrected chi connectivity index (χ0v) is 21.0. The molecule has 2 rings (SSSR count). The van der Waals surface area contributed by atoms with Gasteiger partial charge in [0.15, 0.2) is 5.96 Å². The second kappa shape index (κ2) is 12.8. The van der Waals surface area contributed by atoms with E-state index in [9.17, 15) is 4.79 Å². The molecule has 0 aliphatic carbocycles. The highest BCUT2D eigenvalue weighted by molar-refractivity contribution is 14.0. The van der Waals surface area contributed by atoms with Crippen LogP contribution in [0, 0.1) is 0 Å². The second-order valence-corrected chi connectivity index (χ2v) is 8.09. The van der Waals surface area contributed by atoms with E-state index < -0.39 is 0 Å². The molecule has 1 aromatic carbocycles.